The molecule has 0 radical (unpaired) electrons. The van der Waals surface area contributed by atoms with Crippen molar-refractivity contribution in [1.82, 2.24) is 0 Å². The van der Waals surface area contributed by atoms with Gasteiger partial charge in [0.25, 0.3) is 0 Å². The fourth-order valence-corrected chi connectivity index (χ4v) is 1.40. The zero-order chi connectivity index (χ0) is 11.4. The van der Waals surface area contributed by atoms with Gasteiger partial charge in [-0.3, -0.25) is 0 Å². The van der Waals surface area contributed by atoms with E-state index in [0.29, 0.717) is 5.57 Å². The summed E-state index contributed by atoms with van der Waals surface area (Å²) in [4.78, 5) is 10.7. The van der Waals surface area contributed by atoms with Crippen LogP contribution in [-0.4, -0.2) is 11.1 Å². The van der Waals surface area contributed by atoms with Crippen LogP contribution in [0, 0.1) is 11.3 Å². The molecule has 1 aromatic carbocycles. The van der Waals surface area contributed by atoms with E-state index < -0.39 is 5.97 Å². The molecule has 0 aliphatic heterocycles. The van der Waals surface area contributed by atoms with E-state index in [1.54, 1.807) is 37.3 Å². The lowest BCUT2D eigenvalue weighted by molar-refractivity contribution is -0.132. The summed E-state index contributed by atoms with van der Waals surface area (Å²) in [6.45, 7) is 1.62. The van der Waals surface area contributed by atoms with E-state index in [-0.39, 0.29) is 5.57 Å². The van der Waals surface area contributed by atoms with Crippen LogP contribution in [-0.2, 0) is 4.79 Å². The van der Waals surface area contributed by atoms with Gasteiger partial charge in [-0.2, -0.15) is 5.26 Å². The Labute approximate surface area is 95.8 Å². The first-order valence-corrected chi connectivity index (χ1v) is 4.95. The highest BCUT2D eigenvalue weighted by molar-refractivity contribution is 9.10. The molecule has 0 atom stereocenters. The van der Waals surface area contributed by atoms with Gasteiger partial charge in [0.1, 0.15) is 11.6 Å². The van der Waals surface area contributed by atoms with Crippen LogP contribution in [0.3, 0.4) is 0 Å². The SMILES string of the molecule is C/C(=C(/C#N)C(=O)O)c1ccc(Br)cc1. The third-order valence-electron chi connectivity index (χ3n) is 1.98. The number of rotatable bonds is 2. The molecule has 0 saturated carbocycles. The summed E-state index contributed by atoms with van der Waals surface area (Å²) >= 11 is 3.28. The minimum Gasteiger partial charge on any atom is -0.477 e. The zero-order valence-electron chi connectivity index (χ0n) is 7.99. The molecule has 0 saturated heterocycles. The van der Waals surface area contributed by atoms with Gasteiger partial charge in [0.2, 0.25) is 0 Å². The Bertz CT molecular complexity index is 454. The van der Waals surface area contributed by atoms with E-state index in [4.69, 9.17) is 10.4 Å². The Balaban J connectivity index is 3.24. The predicted octanol–water partition coefficient (Wildman–Crippen LogP) is 2.83. The third kappa shape index (κ3) is 2.67. The van der Waals surface area contributed by atoms with Crippen molar-refractivity contribution in [1.29, 1.82) is 5.26 Å². The minimum atomic E-state index is -1.20. The van der Waals surface area contributed by atoms with Gasteiger partial charge in [-0.25, -0.2) is 4.79 Å². The average molecular weight is 266 g/mol. The molecule has 15 heavy (non-hydrogen) atoms. The lowest BCUT2D eigenvalue weighted by Gasteiger charge is -2.02. The molecule has 3 nitrogen and oxygen atoms in total. The fraction of sp³-hybridized carbons (Fsp3) is 0.0909. The summed E-state index contributed by atoms with van der Waals surface area (Å²) in [6, 6.07) is 8.81. The maximum atomic E-state index is 10.7. The first-order valence-electron chi connectivity index (χ1n) is 4.16. The molecule has 1 aromatic rings. The van der Waals surface area contributed by atoms with Crippen LogP contribution in [0.2, 0.25) is 0 Å². The number of nitriles is 1. The molecule has 0 aliphatic rings. The number of aliphatic carboxylic acids is 1. The molecule has 1 rings (SSSR count). The van der Waals surface area contributed by atoms with Gasteiger partial charge in [-0.1, -0.05) is 28.1 Å². The van der Waals surface area contributed by atoms with Gasteiger partial charge < -0.3 is 5.11 Å². The standard InChI is InChI=1S/C11H8BrNO2/c1-7(10(6-13)11(14)15)8-2-4-9(12)5-3-8/h2-5H,1H3,(H,14,15)/b10-7+. The Morgan fingerprint density at radius 3 is 2.33 bits per heavy atom. The molecule has 0 bridgehead atoms. The van der Waals surface area contributed by atoms with Crippen LogP contribution in [0.4, 0.5) is 0 Å². The maximum absolute atomic E-state index is 10.7. The molecule has 0 unspecified atom stereocenters. The maximum Gasteiger partial charge on any atom is 0.346 e. The number of halogens is 1. The summed E-state index contributed by atoms with van der Waals surface area (Å²) in [7, 11) is 0. The average Bonchev–Trinajstić information content (AvgIpc) is 2.19. The van der Waals surface area contributed by atoms with Gasteiger partial charge in [-0.05, 0) is 30.2 Å². The number of nitrogens with zero attached hydrogens (tertiary/aromatic N) is 1. The van der Waals surface area contributed by atoms with Crippen LogP contribution in [0.25, 0.3) is 5.57 Å². The first kappa shape index (κ1) is 11.5. The molecule has 0 aliphatic carbocycles. The predicted molar refractivity (Wildman–Crippen MR) is 60.0 cm³/mol. The van der Waals surface area contributed by atoms with Gasteiger partial charge in [-0.15, -0.1) is 0 Å². The van der Waals surface area contributed by atoms with Crippen LogP contribution >= 0.6 is 15.9 Å². The Hall–Kier alpha value is -1.60. The quantitative estimate of drug-likeness (QED) is 0.661. The highest BCUT2D eigenvalue weighted by atomic mass is 79.9. The van der Waals surface area contributed by atoms with Gasteiger partial charge in [0.15, 0.2) is 0 Å². The van der Waals surface area contributed by atoms with Crippen LogP contribution in [0.5, 0.6) is 0 Å². The molecule has 0 heterocycles. The van der Waals surface area contributed by atoms with Crippen molar-refractivity contribution in [2.45, 2.75) is 6.92 Å². The van der Waals surface area contributed by atoms with Crippen molar-refractivity contribution in [3.05, 3.63) is 39.9 Å². The molecular formula is C11H8BrNO2. The summed E-state index contributed by atoms with van der Waals surface area (Å²) in [5.74, 6) is -1.20. The zero-order valence-corrected chi connectivity index (χ0v) is 9.58. The Kier molecular flexibility index (Phi) is 3.64. The number of hydrogen-bond acceptors (Lipinski definition) is 2. The minimum absolute atomic E-state index is 0.225. The van der Waals surface area contributed by atoms with Gasteiger partial charge in [0.05, 0.1) is 0 Å². The van der Waals surface area contributed by atoms with E-state index in [1.165, 1.54) is 0 Å². The van der Waals surface area contributed by atoms with Crippen molar-refractivity contribution in [3.63, 3.8) is 0 Å². The summed E-state index contributed by atoms with van der Waals surface area (Å²) < 4.78 is 0.910. The van der Waals surface area contributed by atoms with E-state index in [1.807, 2.05) is 0 Å². The van der Waals surface area contributed by atoms with E-state index in [2.05, 4.69) is 15.9 Å². The second-order valence-electron chi connectivity index (χ2n) is 2.92. The molecule has 0 amide bonds. The van der Waals surface area contributed by atoms with Crippen molar-refractivity contribution in [3.8, 4) is 6.07 Å². The van der Waals surface area contributed by atoms with Crippen LogP contribution < -0.4 is 0 Å². The van der Waals surface area contributed by atoms with Gasteiger partial charge in [0, 0.05) is 4.47 Å². The number of carboxylic acid groups (broad SMARTS) is 1. The Morgan fingerprint density at radius 1 is 1.40 bits per heavy atom. The molecule has 0 aromatic heterocycles. The van der Waals surface area contributed by atoms with E-state index >= 15 is 0 Å². The van der Waals surface area contributed by atoms with Crippen molar-refractivity contribution < 1.29 is 9.90 Å². The molecule has 76 valence electrons. The van der Waals surface area contributed by atoms with Gasteiger partial charge >= 0.3 is 5.97 Å². The fourth-order valence-electron chi connectivity index (χ4n) is 1.14. The second-order valence-corrected chi connectivity index (χ2v) is 3.84. The lowest BCUT2D eigenvalue weighted by atomic mass is 10.0. The summed E-state index contributed by atoms with van der Waals surface area (Å²) in [6.07, 6.45) is 0. The van der Waals surface area contributed by atoms with Crippen molar-refractivity contribution >= 4 is 27.5 Å². The normalized spacial score (nSPS) is 11.5. The largest absolute Gasteiger partial charge is 0.477 e. The molecule has 4 heteroatoms. The van der Waals surface area contributed by atoms with E-state index in [9.17, 15) is 4.79 Å². The summed E-state index contributed by atoms with van der Waals surface area (Å²) in [5, 5.41) is 17.5. The van der Waals surface area contributed by atoms with E-state index in [0.717, 1.165) is 10.0 Å². The van der Waals surface area contributed by atoms with Crippen LogP contribution in [0.1, 0.15) is 12.5 Å². The highest BCUT2D eigenvalue weighted by Gasteiger charge is 2.11. The first-order chi connectivity index (χ1) is 7.06. The monoisotopic (exact) mass is 265 g/mol. The number of allylic oxidation sites excluding steroid dienone is 1. The molecule has 0 spiro atoms. The lowest BCUT2D eigenvalue weighted by Crippen LogP contribution is -2.00. The number of hydrogen-bond donors (Lipinski definition) is 1. The smallest absolute Gasteiger partial charge is 0.346 e. The molecular weight excluding hydrogens is 258 g/mol. The number of benzene rings is 1. The number of carbonyl (C=O) groups is 1. The highest BCUT2D eigenvalue weighted by Crippen LogP contribution is 2.20. The third-order valence-corrected chi connectivity index (χ3v) is 2.51. The molecule has 1 N–H and O–H groups in total. The molecule has 0 fully saturated rings. The van der Waals surface area contributed by atoms with Crippen molar-refractivity contribution in [2.24, 2.45) is 0 Å². The Morgan fingerprint density at radius 2 is 1.93 bits per heavy atom. The topological polar surface area (TPSA) is 61.1 Å². The number of carboxylic acids is 1. The summed E-state index contributed by atoms with van der Waals surface area (Å²) in [5.41, 5.74) is 0.979. The van der Waals surface area contributed by atoms with Crippen LogP contribution in [0.15, 0.2) is 34.3 Å². The second kappa shape index (κ2) is 4.76. The van der Waals surface area contributed by atoms with Crippen molar-refractivity contribution in [2.75, 3.05) is 0 Å².